The average Bonchev–Trinajstić information content (AvgIpc) is 4.10. The fourth-order valence-electron chi connectivity index (χ4n) is 12.7. The maximum absolute atomic E-state index is 2.49. The van der Waals surface area contributed by atoms with Gasteiger partial charge in [-0.3, -0.25) is 0 Å². The Labute approximate surface area is 437 Å². The molecule has 0 amide bonds. The third-order valence-corrected chi connectivity index (χ3v) is 16.0. The molecule has 0 unspecified atom stereocenters. The minimum Gasteiger partial charge on any atom is -0.310 e. The molecule has 350 valence electrons. The zero-order chi connectivity index (χ0) is 49.5. The van der Waals surface area contributed by atoms with E-state index >= 15 is 0 Å². The Morgan fingerprint density at radius 2 is 0.667 bits per heavy atom. The molecule has 15 rings (SSSR count). The number of nitrogens with zero attached hydrogens (tertiary/aromatic N) is 2. The smallest absolute Gasteiger partial charge is 0.0726 e. The standard InChI is InChI=1S/C73H48N2/c1-3-17-49(18-4-1)51-33-38-57(39-34-51)74(60-42-44-64-63-27-9-13-31-69(63)73(70(64)48-60)67-29-11-7-25-61(67)62-26-8-12-30-68(62)73)59-24-16-23-55(46-59)53-21-15-22-54(45-53)56-37-43-66-65-28-10-14-32-71(65)75(72(66)47-56)58-40-35-52(36-41-58)50-19-5-2-6-20-50/h1-48H. The Bertz CT molecular complexity index is 4270. The van der Waals surface area contributed by atoms with Crippen molar-refractivity contribution in [1.82, 2.24) is 4.57 Å². The van der Waals surface area contributed by atoms with Gasteiger partial charge in [-0.25, -0.2) is 0 Å². The molecule has 2 heteroatoms. The van der Waals surface area contributed by atoms with Crippen molar-refractivity contribution in [3.63, 3.8) is 0 Å². The van der Waals surface area contributed by atoms with E-state index in [4.69, 9.17) is 0 Å². The van der Waals surface area contributed by atoms with Gasteiger partial charge in [0.25, 0.3) is 0 Å². The topological polar surface area (TPSA) is 8.17 Å². The number of benzene rings is 12. The van der Waals surface area contributed by atoms with E-state index in [9.17, 15) is 0 Å². The number of para-hydroxylation sites is 1. The van der Waals surface area contributed by atoms with Gasteiger partial charge in [-0.15, -0.1) is 0 Å². The number of hydrogen-bond donors (Lipinski definition) is 0. The summed E-state index contributed by atoms with van der Waals surface area (Å²) in [6.45, 7) is 0. The molecule has 0 bridgehead atoms. The van der Waals surface area contributed by atoms with Gasteiger partial charge < -0.3 is 9.47 Å². The van der Waals surface area contributed by atoms with Gasteiger partial charge >= 0.3 is 0 Å². The maximum atomic E-state index is 2.49. The summed E-state index contributed by atoms with van der Waals surface area (Å²) < 4.78 is 2.42. The van der Waals surface area contributed by atoms with Crippen molar-refractivity contribution in [2.45, 2.75) is 5.41 Å². The number of aromatic nitrogens is 1. The maximum Gasteiger partial charge on any atom is 0.0726 e. The molecule has 2 aliphatic rings. The number of hydrogen-bond acceptors (Lipinski definition) is 1. The first-order chi connectivity index (χ1) is 37.2. The van der Waals surface area contributed by atoms with Gasteiger partial charge in [-0.05, 0) is 156 Å². The number of rotatable bonds is 8. The lowest BCUT2D eigenvalue weighted by Crippen LogP contribution is -2.26. The van der Waals surface area contributed by atoms with Gasteiger partial charge in [0.05, 0.1) is 16.4 Å². The predicted molar refractivity (Wildman–Crippen MR) is 314 cm³/mol. The molecule has 0 N–H and O–H groups in total. The average molecular weight is 953 g/mol. The molecule has 0 atom stereocenters. The zero-order valence-corrected chi connectivity index (χ0v) is 41.1. The highest BCUT2D eigenvalue weighted by Gasteiger charge is 2.51. The minimum absolute atomic E-state index is 0.454. The fourth-order valence-corrected chi connectivity index (χ4v) is 12.7. The number of fused-ring (bicyclic) bond motifs is 13. The van der Waals surface area contributed by atoms with Crippen LogP contribution >= 0.6 is 0 Å². The minimum atomic E-state index is -0.454. The van der Waals surface area contributed by atoms with E-state index in [0.29, 0.717) is 0 Å². The van der Waals surface area contributed by atoms with E-state index in [1.807, 2.05) is 0 Å². The summed E-state index contributed by atoms with van der Waals surface area (Å²) in [5.41, 5.74) is 26.4. The molecule has 1 spiro atoms. The summed E-state index contributed by atoms with van der Waals surface area (Å²) in [4.78, 5) is 2.45. The van der Waals surface area contributed by atoms with Crippen LogP contribution in [0.4, 0.5) is 17.1 Å². The summed E-state index contributed by atoms with van der Waals surface area (Å²) in [6.07, 6.45) is 0. The fraction of sp³-hybridized carbons (Fsp3) is 0.0137. The summed E-state index contributed by atoms with van der Waals surface area (Å²) in [5.74, 6) is 0. The molecule has 13 aromatic rings. The first-order valence-corrected chi connectivity index (χ1v) is 26.0. The second kappa shape index (κ2) is 17.2. The molecule has 0 saturated heterocycles. The Balaban J connectivity index is 0.854. The van der Waals surface area contributed by atoms with Crippen LogP contribution < -0.4 is 4.90 Å². The Morgan fingerprint density at radius 1 is 0.240 bits per heavy atom. The van der Waals surface area contributed by atoms with Crippen LogP contribution in [-0.4, -0.2) is 4.57 Å². The van der Waals surface area contributed by atoms with Crippen molar-refractivity contribution in [1.29, 1.82) is 0 Å². The normalized spacial score (nSPS) is 12.6. The first-order valence-electron chi connectivity index (χ1n) is 26.0. The van der Waals surface area contributed by atoms with E-state index in [-0.39, 0.29) is 0 Å². The summed E-state index contributed by atoms with van der Waals surface area (Å²) in [7, 11) is 0. The molecule has 75 heavy (non-hydrogen) atoms. The molecule has 2 aliphatic carbocycles. The largest absolute Gasteiger partial charge is 0.310 e. The van der Waals surface area contributed by atoms with Crippen molar-refractivity contribution in [2.75, 3.05) is 4.90 Å². The molecule has 0 aliphatic heterocycles. The summed E-state index contributed by atoms with van der Waals surface area (Å²) >= 11 is 0. The van der Waals surface area contributed by atoms with Crippen LogP contribution in [0.3, 0.4) is 0 Å². The zero-order valence-electron chi connectivity index (χ0n) is 41.1. The lowest BCUT2D eigenvalue weighted by Gasteiger charge is -2.32. The van der Waals surface area contributed by atoms with E-state index in [2.05, 4.69) is 301 Å². The van der Waals surface area contributed by atoms with Gasteiger partial charge in [0, 0.05) is 33.5 Å². The van der Waals surface area contributed by atoms with Crippen LogP contribution in [0, 0.1) is 0 Å². The van der Waals surface area contributed by atoms with E-state index in [1.165, 1.54) is 99.7 Å². The van der Waals surface area contributed by atoms with Gasteiger partial charge in [-0.1, -0.05) is 224 Å². The summed E-state index contributed by atoms with van der Waals surface area (Å²) in [5, 5.41) is 2.49. The highest BCUT2D eigenvalue weighted by molar-refractivity contribution is 6.10. The van der Waals surface area contributed by atoms with Crippen LogP contribution in [0.15, 0.2) is 291 Å². The van der Waals surface area contributed by atoms with Crippen LogP contribution in [0.2, 0.25) is 0 Å². The van der Waals surface area contributed by atoms with Crippen molar-refractivity contribution >= 4 is 38.9 Å². The van der Waals surface area contributed by atoms with E-state index in [1.54, 1.807) is 0 Å². The Kier molecular flexibility index (Phi) is 9.83. The van der Waals surface area contributed by atoms with Crippen molar-refractivity contribution < 1.29 is 0 Å². The molecule has 2 nitrogen and oxygen atoms in total. The van der Waals surface area contributed by atoms with Crippen LogP contribution in [-0.2, 0) is 5.41 Å². The van der Waals surface area contributed by atoms with Crippen molar-refractivity contribution in [3.8, 4) is 72.4 Å². The van der Waals surface area contributed by atoms with E-state index < -0.39 is 5.41 Å². The van der Waals surface area contributed by atoms with Crippen LogP contribution in [0.1, 0.15) is 22.3 Å². The first kappa shape index (κ1) is 42.9. The molecule has 0 fully saturated rings. The molecular weight excluding hydrogens is 905 g/mol. The quantitative estimate of drug-likeness (QED) is 0.147. The molecule has 0 radical (unpaired) electrons. The Hall–Kier alpha value is -9.76. The van der Waals surface area contributed by atoms with Crippen LogP contribution in [0.5, 0.6) is 0 Å². The summed E-state index contributed by atoms with van der Waals surface area (Å²) in [6, 6.07) is 108. The second-order valence-electron chi connectivity index (χ2n) is 20.0. The van der Waals surface area contributed by atoms with Gasteiger partial charge in [0.1, 0.15) is 0 Å². The monoisotopic (exact) mass is 952 g/mol. The van der Waals surface area contributed by atoms with Crippen LogP contribution in [0.25, 0.3) is 94.3 Å². The third-order valence-electron chi connectivity index (χ3n) is 16.0. The van der Waals surface area contributed by atoms with Crippen molar-refractivity contribution in [2.24, 2.45) is 0 Å². The van der Waals surface area contributed by atoms with E-state index in [0.717, 1.165) is 33.9 Å². The second-order valence-corrected chi connectivity index (χ2v) is 20.0. The van der Waals surface area contributed by atoms with Gasteiger partial charge in [-0.2, -0.15) is 0 Å². The molecular formula is C73H48N2. The van der Waals surface area contributed by atoms with Gasteiger partial charge in [0.2, 0.25) is 0 Å². The lowest BCUT2D eigenvalue weighted by atomic mass is 9.70. The number of anilines is 3. The molecule has 1 heterocycles. The third kappa shape index (κ3) is 6.73. The van der Waals surface area contributed by atoms with Crippen molar-refractivity contribution in [3.05, 3.63) is 313 Å². The highest BCUT2D eigenvalue weighted by atomic mass is 15.1. The highest BCUT2D eigenvalue weighted by Crippen LogP contribution is 2.63. The lowest BCUT2D eigenvalue weighted by molar-refractivity contribution is 0.793. The van der Waals surface area contributed by atoms with Gasteiger partial charge in [0.15, 0.2) is 0 Å². The predicted octanol–water partition coefficient (Wildman–Crippen LogP) is 19.3. The molecule has 0 saturated carbocycles. The molecule has 1 aromatic heterocycles. The molecule has 12 aromatic carbocycles. The SMILES string of the molecule is c1ccc(-c2ccc(N(c3cccc(-c4cccc(-c5ccc6c7ccccc7n(-c7ccc(-c8ccccc8)cc7)c6c5)c4)c3)c3ccc4c(c3)C3(c5ccccc5-c5ccccc53)c3ccccc3-4)cc2)cc1. The Morgan fingerprint density at radius 3 is 1.29 bits per heavy atom.